The van der Waals surface area contributed by atoms with Crippen molar-refractivity contribution in [3.05, 3.63) is 105 Å². The number of nitro groups is 1. The number of nitrogens with zero attached hydrogens (tertiary/aromatic N) is 3. The van der Waals surface area contributed by atoms with E-state index in [1.807, 2.05) is 59.5 Å². The van der Waals surface area contributed by atoms with E-state index in [2.05, 4.69) is 26.2 Å². The molecule has 2 atom stereocenters. The van der Waals surface area contributed by atoms with Crippen LogP contribution in [0.2, 0.25) is 0 Å². The van der Waals surface area contributed by atoms with Crippen LogP contribution in [0, 0.1) is 10.1 Å². The van der Waals surface area contributed by atoms with Crippen molar-refractivity contribution >= 4 is 44.6 Å². The molecule has 176 valence electrons. The smallest absolute Gasteiger partial charge is 0.273 e. The number of nitro benzene ring substituents is 1. The highest BCUT2D eigenvalue weighted by atomic mass is 79.9. The van der Waals surface area contributed by atoms with Gasteiger partial charge in [0.2, 0.25) is 0 Å². The molecule has 1 aliphatic heterocycles. The molecule has 4 aromatic rings. The van der Waals surface area contributed by atoms with Crippen molar-refractivity contribution in [2.45, 2.75) is 12.1 Å². The lowest BCUT2D eigenvalue weighted by Gasteiger charge is -2.26. The van der Waals surface area contributed by atoms with Crippen molar-refractivity contribution in [2.24, 2.45) is 0 Å². The van der Waals surface area contributed by atoms with Gasteiger partial charge in [-0.2, -0.15) is 0 Å². The van der Waals surface area contributed by atoms with E-state index in [1.165, 1.54) is 19.2 Å². The summed E-state index contributed by atoms with van der Waals surface area (Å²) in [5, 5.41) is 15.1. The van der Waals surface area contributed by atoms with Gasteiger partial charge in [0.25, 0.3) is 5.69 Å². The van der Waals surface area contributed by atoms with Gasteiger partial charge in [-0.25, -0.2) is 0 Å². The SMILES string of the molecule is COc1cc([N+](=O)[O-])ccc1-c1ccc([C@@H]2[C@@H](c3ccccn3)NC(=S)N2c2ccc(Br)cc2)o1. The number of furan rings is 1. The highest BCUT2D eigenvalue weighted by Gasteiger charge is 2.42. The largest absolute Gasteiger partial charge is 0.496 e. The quantitative estimate of drug-likeness (QED) is 0.172. The van der Waals surface area contributed by atoms with Gasteiger partial charge in [0.05, 0.1) is 35.4 Å². The van der Waals surface area contributed by atoms with Crippen molar-refractivity contribution in [3.8, 4) is 17.1 Å². The van der Waals surface area contributed by atoms with Crippen LogP contribution in [0.5, 0.6) is 5.75 Å². The predicted octanol–water partition coefficient (Wildman–Crippen LogP) is 6.20. The number of non-ortho nitro benzene ring substituents is 1. The average Bonchev–Trinajstić information content (AvgIpc) is 3.49. The molecule has 2 aromatic carbocycles. The summed E-state index contributed by atoms with van der Waals surface area (Å²) in [6.07, 6.45) is 1.74. The lowest BCUT2D eigenvalue weighted by Crippen LogP contribution is -2.29. The van der Waals surface area contributed by atoms with Gasteiger partial charge in [-0.1, -0.05) is 22.0 Å². The van der Waals surface area contributed by atoms with E-state index in [1.54, 1.807) is 12.3 Å². The Balaban J connectivity index is 1.59. The van der Waals surface area contributed by atoms with Crippen LogP contribution in [-0.4, -0.2) is 22.1 Å². The second-order valence-corrected chi connectivity index (χ2v) is 9.12. The summed E-state index contributed by atoms with van der Waals surface area (Å²) in [5.41, 5.74) is 2.28. The van der Waals surface area contributed by atoms with Crippen molar-refractivity contribution in [3.63, 3.8) is 0 Å². The molecule has 0 unspecified atom stereocenters. The van der Waals surface area contributed by atoms with Crippen LogP contribution in [0.25, 0.3) is 11.3 Å². The third-order valence-electron chi connectivity index (χ3n) is 5.78. The van der Waals surface area contributed by atoms with Gasteiger partial charge in [0.15, 0.2) is 5.11 Å². The second-order valence-electron chi connectivity index (χ2n) is 7.82. The van der Waals surface area contributed by atoms with E-state index < -0.39 is 4.92 Å². The Bertz CT molecular complexity index is 1390. The Labute approximate surface area is 214 Å². The minimum absolute atomic E-state index is 0.0562. The molecular weight excluding hydrogens is 532 g/mol. The Morgan fingerprint density at radius 1 is 1.14 bits per heavy atom. The van der Waals surface area contributed by atoms with Crippen molar-refractivity contribution < 1.29 is 14.1 Å². The zero-order chi connectivity index (χ0) is 24.5. The van der Waals surface area contributed by atoms with Crippen LogP contribution in [0.1, 0.15) is 23.5 Å². The molecule has 8 nitrogen and oxygen atoms in total. The number of halogens is 1. The fraction of sp³-hybridized carbons (Fsp3) is 0.120. The van der Waals surface area contributed by atoms with Gasteiger partial charge in [0, 0.05) is 22.4 Å². The lowest BCUT2D eigenvalue weighted by molar-refractivity contribution is -0.384. The first kappa shape index (κ1) is 23.0. The fourth-order valence-corrected chi connectivity index (χ4v) is 4.79. The monoisotopic (exact) mass is 550 g/mol. The molecule has 5 rings (SSSR count). The van der Waals surface area contributed by atoms with E-state index in [4.69, 9.17) is 21.4 Å². The van der Waals surface area contributed by atoms with E-state index in [9.17, 15) is 10.1 Å². The maximum absolute atomic E-state index is 11.2. The topological polar surface area (TPSA) is 93.7 Å². The zero-order valence-electron chi connectivity index (χ0n) is 18.4. The summed E-state index contributed by atoms with van der Waals surface area (Å²) in [6, 6.07) is 21.2. The summed E-state index contributed by atoms with van der Waals surface area (Å²) >= 11 is 9.22. The molecule has 0 amide bonds. The predicted molar refractivity (Wildman–Crippen MR) is 139 cm³/mol. The molecule has 2 aromatic heterocycles. The minimum Gasteiger partial charge on any atom is -0.496 e. The van der Waals surface area contributed by atoms with Crippen molar-refractivity contribution in [2.75, 3.05) is 12.0 Å². The first-order valence-corrected chi connectivity index (χ1v) is 11.8. The first-order valence-electron chi connectivity index (χ1n) is 10.6. The highest BCUT2D eigenvalue weighted by molar-refractivity contribution is 9.10. The summed E-state index contributed by atoms with van der Waals surface area (Å²) < 4.78 is 12.7. The molecule has 0 bridgehead atoms. The van der Waals surface area contributed by atoms with Gasteiger partial charge in [-0.05, 0) is 66.8 Å². The number of anilines is 1. The maximum atomic E-state index is 11.2. The molecule has 3 heterocycles. The Hall–Kier alpha value is -3.76. The number of ether oxygens (including phenoxy) is 1. The van der Waals surface area contributed by atoms with Crippen LogP contribution in [0.15, 0.2) is 87.9 Å². The normalized spacial score (nSPS) is 17.3. The molecule has 0 spiro atoms. The Morgan fingerprint density at radius 3 is 2.63 bits per heavy atom. The summed E-state index contributed by atoms with van der Waals surface area (Å²) in [4.78, 5) is 17.3. The molecule has 1 aliphatic rings. The van der Waals surface area contributed by atoms with E-state index in [0.717, 1.165) is 15.9 Å². The van der Waals surface area contributed by atoms with Gasteiger partial charge < -0.3 is 19.4 Å². The fourth-order valence-electron chi connectivity index (χ4n) is 4.18. The number of rotatable bonds is 6. The maximum Gasteiger partial charge on any atom is 0.273 e. The molecule has 1 N–H and O–H groups in total. The lowest BCUT2D eigenvalue weighted by atomic mass is 10.0. The summed E-state index contributed by atoms with van der Waals surface area (Å²) in [7, 11) is 1.47. The molecule has 35 heavy (non-hydrogen) atoms. The Kier molecular flexibility index (Phi) is 6.23. The number of aromatic nitrogens is 1. The summed E-state index contributed by atoms with van der Waals surface area (Å²) in [6.45, 7) is 0. The van der Waals surface area contributed by atoms with E-state index in [-0.39, 0.29) is 17.8 Å². The van der Waals surface area contributed by atoms with Crippen LogP contribution >= 0.6 is 28.1 Å². The number of hydrogen-bond donors (Lipinski definition) is 1. The van der Waals surface area contributed by atoms with E-state index >= 15 is 0 Å². The number of hydrogen-bond acceptors (Lipinski definition) is 6. The molecule has 0 saturated carbocycles. The van der Waals surface area contributed by atoms with Crippen LogP contribution in [0.3, 0.4) is 0 Å². The van der Waals surface area contributed by atoms with Gasteiger partial charge in [-0.15, -0.1) is 0 Å². The van der Waals surface area contributed by atoms with Gasteiger partial charge in [0.1, 0.15) is 23.3 Å². The van der Waals surface area contributed by atoms with Crippen molar-refractivity contribution in [1.82, 2.24) is 10.3 Å². The molecule has 0 aliphatic carbocycles. The van der Waals surface area contributed by atoms with Crippen LogP contribution in [0.4, 0.5) is 11.4 Å². The van der Waals surface area contributed by atoms with E-state index in [0.29, 0.717) is 27.9 Å². The third-order valence-corrected chi connectivity index (χ3v) is 6.63. The average molecular weight is 551 g/mol. The molecular formula is C25H19BrN4O4S. The standard InChI is InChI=1S/C25H19BrN4O4S/c1-33-22-14-17(30(31)32)9-10-18(22)20-11-12-21(34-20)24-23(19-4-2-3-13-27-19)28-25(35)29(24)16-7-5-15(26)6-8-16/h2-14,23-24H,1H3,(H,28,35)/t23-,24-/m1/s1. The molecule has 10 heteroatoms. The number of methoxy groups -OCH3 is 1. The number of nitrogens with one attached hydrogen (secondary N) is 1. The van der Waals surface area contributed by atoms with Crippen molar-refractivity contribution in [1.29, 1.82) is 0 Å². The Morgan fingerprint density at radius 2 is 1.94 bits per heavy atom. The minimum atomic E-state index is -0.460. The zero-order valence-corrected chi connectivity index (χ0v) is 20.8. The third kappa shape index (κ3) is 4.38. The highest BCUT2D eigenvalue weighted by Crippen LogP contribution is 2.44. The summed E-state index contributed by atoms with van der Waals surface area (Å²) in [5.74, 6) is 1.54. The number of thiocarbonyl (C=S) groups is 1. The van der Waals surface area contributed by atoms with Crippen LogP contribution in [-0.2, 0) is 0 Å². The molecule has 1 saturated heterocycles. The number of pyridine rings is 1. The van der Waals surface area contributed by atoms with Crippen LogP contribution < -0.4 is 15.0 Å². The number of benzene rings is 2. The van der Waals surface area contributed by atoms with Gasteiger partial charge >= 0.3 is 0 Å². The van der Waals surface area contributed by atoms with Gasteiger partial charge in [-0.3, -0.25) is 15.1 Å². The molecule has 0 radical (unpaired) electrons. The molecule has 1 fully saturated rings. The second kappa shape index (κ2) is 9.47. The first-order chi connectivity index (χ1) is 17.0.